The fourth-order valence-corrected chi connectivity index (χ4v) is 4.22. The maximum absolute atomic E-state index is 13.2. The first-order chi connectivity index (χ1) is 15.3. The predicted octanol–water partition coefficient (Wildman–Crippen LogP) is 1.55. The van der Waals surface area contributed by atoms with Crippen molar-refractivity contribution in [1.82, 2.24) is 19.5 Å². The summed E-state index contributed by atoms with van der Waals surface area (Å²) in [7, 11) is -3.88. The van der Waals surface area contributed by atoms with Gasteiger partial charge >= 0.3 is 0 Å². The highest BCUT2D eigenvalue weighted by molar-refractivity contribution is 7.99. The van der Waals surface area contributed by atoms with Crippen molar-refractivity contribution in [2.75, 3.05) is 11.1 Å². The third-order valence-corrected chi connectivity index (χ3v) is 6.20. The molecule has 3 N–H and O–H groups in total. The Morgan fingerprint density at radius 2 is 1.84 bits per heavy atom. The molecule has 10 nitrogen and oxygen atoms in total. The Bertz CT molecular complexity index is 1460. The molecule has 0 aliphatic carbocycles. The summed E-state index contributed by atoms with van der Waals surface area (Å²) in [6, 6.07) is 12.4. The van der Waals surface area contributed by atoms with E-state index in [2.05, 4.69) is 20.3 Å². The summed E-state index contributed by atoms with van der Waals surface area (Å²) in [6.45, 7) is 0. The highest BCUT2D eigenvalue weighted by Gasteiger charge is 2.16. The predicted molar refractivity (Wildman–Crippen MR) is 120 cm³/mol. The van der Waals surface area contributed by atoms with Crippen molar-refractivity contribution in [2.24, 2.45) is 5.14 Å². The van der Waals surface area contributed by atoms with E-state index >= 15 is 0 Å². The van der Waals surface area contributed by atoms with Crippen molar-refractivity contribution in [1.29, 1.82) is 0 Å². The molecule has 162 valence electrons. The van der Waals surface area contributed by atoms with Crippen molar-refractivity contribution in [2.45, 2.75) is 10.1 Å². The molecule has 4 aromatic rings. The maximum Gasteiger partial charge on any atom is 0.266 e. The Balaban J connectivity index is 1.71. The second-order valence-corrected chi connectivity index (χ2v) is 9.02. The number of aromatic nitrogens is 4. The summed E-state index contributed by atoms with van der Waals surface area (Å²) < 4.78 is 24.4. The Kier molecular flexibility index (Phi) is 5.99. The van der Waals surface area contributed by atoms with Crippen molar-refractivity contribution >= 4 is 44.4 Å². The fraction of sp³-hybridized carbons (Fsp3) is 0.0500. The quantitative estimate of drug-likeness (QED) is 0.320. The van der Waals surface area contributed by atoms with Crippen LogP contribution in [0.4, 0.5) is 5.82 Å². The molecular weight excluding hydrogens is 452 g/mol. The van der Waals surface area contributed by atoms with E-state index < -0.39 is 10.0 Å². The number of benzene rings is 2. The molecule has 0 aliphatic rings. The van der Waals surface area contributed by atoms with Gasteiger partial charge in [0.25, 0.3) is 5.56 Å². The van der Waals surface area contributed by atoms with Crippen LogP contribution in [-0.4, -0.2) is 39.6 Å². The summed E-state index contributed by atoms with van der Waals surface area (Å²) in [5.41, 5.74) is 0.514. The van der Waals surface area contributed by atoms with Gasteiger partial charge in [-0.25, -0.2) is 23.5 Å². The van der Waals surface area contributed by atoms with Crippen LogP contribution in [0, 0.1) is 0 Å². The van der Waals surface area contributed by atoms with E-state index in [1.54, 1.807) is 24.3 Å². The summed E-state index contributed by atoms with van der Waals surface area (Å²) in [5, 5.41) is 8.43. The smallest absolute Gasteiger partial charge is 0.266 e. The second kappa shape index (κ2) is 8.86. The van der Waals surface area contributed by atoms with Crippen molar-refractivity contribution < 1.29 is 13.2 Å². The Labute approximate surface area is 186 Å². The summed E-state index contributed by atoms with van der Waals surface area (Å²) in [5.74, 6) is -0.0917. The van der Waals surface area contributed by atoms with Gasteiger partial charge in [-0.2, -0.15) is 0 Å². The number of sulfonamides is 1. The molecule has 0 spiro atoms. The Morgan fingerprint density at radius 3 is 2.53 bits per heavy atom. The number of fused-ring (bicyclic) bond motifs is 1. The Morgan fingerprint density at radius 1 is 1.09 bits per heavy atom. The van der Waals surface area contributed by atoms with Crippen LogP contribution in [0.2, 0.25) is 0 Å². The van der Waals surface area contributed by atoms with Crippen LogP contribution in [-0.2, 0) is 14.8 Å². The molecule has 0 unspecified atom stereocenters. The number of hydrogen-bond donors (Lipinski definition) is 2. The number of rotatable bonds is 6. The number of amides is 1. The number of carbonyl (C=O) groups excluding carboxylic acids is 1. The number of nitrogens with one attached hydrogen (secondary N) is 1. The second-order valence-electron chi connectivity index (χ2n) is 6.52. The van der Waals surface area contributed by atoms with E-state index in [0.29, 0.717) is 22.4 Å². The zero-order valence-electron chi connectivity index (χ0n) is 16.4. The largest absolute Gasteiger partial charge is 0.309 e. The zero-order chi connectivity index (χ0) is 22.7. The van der Waals surface area contributed by atoms with Crippen molar-refractivity contribution in [3.05, 3.63) is 77.5 Å². The van der Waals surface area contributed by atoms with Crippen LogP contribution in [0.3, 0.4) is 0 Å². The number of nitrogens with two attached hydrogens (primary N) is 1. The average molecular weight is 469 g/mol. The molecular formula is C20H16N6O4S2. The number of hydrogen-bond acceptors (Lipinski definition) is 8. The molecule has 0 aliphatic heterocycles. The molecule has 4 rings (SSSR count). The van der Waals surface area contributed by atoms with Gasteiger partial charge in [0.15, 0.2) is 11.0 Å². The van der Waals surface area contributed by atoms with Gasteiger partial charge in [-0.3, -0.25) is 19.1 Å². The molecule has 0 atom stereocenters. The van der Waals surface area contributed by atoms with Gasteiger partial charge in [0.2, 0.25) is 15.9 Å². The minimum atomic E-state index is -3.88. The molecule has 0 radical (unpaired) electrons. The van der Waals surface area contributed by atoms with Crippen molar-refractivity contribution in [3.8, 4) is 5.69 Å². The highest BCUT2D eigenvalue weighted by atomic mass is 32.2. The lowest BCUT2D eigenvalue weighted by atomic mass is 10.2. The molecule has 1 amide bonds. The topological polar surface area (TPSA) is 150 Å². The molecule has 0 saturated carbocycles. The molecule has 12 heteroatoms. The Hall–Kier alpha value is -3.61. The normalized spacial score (nSPS) is 11.4. The zero-order valence-corrected chi connectivity index (χ0v) is 18.0. The van der Waals surface area contributed by atoms with E-state index in [0.717, 1.165) is 11.8 Å². The van der Waals surface area contributed by atoms with Crippen LogP contribution in [0.25, 0.3) is 16.6 Å². The van der Waals surface area contributed by atoms with Gasteiger partial charge in [0, 0.05) is 12.4 Å². The fourth-order valence-electron chi connectivity index (χ4n) is 2.89. The SMILES string of the molecule is NS(=O)(=O)c1ccc(-n2c(SCC(=O)Nc3cnccn3)nc3ccccc3c2=O)cc1. The third kappa shape index (κ3) is 4.66. The van der Waals surface area contributed by atoms with Crippen LogP contribution < -0.4 is 16.0 Å². The molecule has 2 heterocycles. The van der Waals surface area contributed by atoms with Crippen LogP contribution >= 0.6 is 11.8 Å². The average Bonchev–Trinajstić information content (AvgIpc) is 2.78. The molecule has 2 aromatic carbocycles. The summed E-state index contributed by atoms with van der Waals surface area (Å²) >= 11 is 1.06. The van der Waals surface area contributed by atoms with Gasteiger partial charge in [-0.1, -0.05) is 23.9 Å². The van der Waals surface area contributed by atoms with E-state index in [-0.39, 0.29) is 27.3 Å². The number of para-hydroxylation sites is 1. The molecule has 32 heavy (non-hydrogen) atoms. The standard InChI is InChI=1S/C20H16N6O4S2/c21-32(29,30)14-7-5-13(6-8-14)26-19(28)15-3-1-2-4-16(15)24-20(26)31-12-18(27)25-17-11-22-9-10-23-17/h1-11H,12H2,(H2,21,29,30)(H,23,25,27). The molecule has 0 saturated heterocycles. The number of carbonyl (C=O) groups is 1. The van der Waals surface area contributed by atoms with Gasteiger partial charge in [-0.15, -0.1) is 0 Å². The lowest BCUT2D eigenvalue weighted by Crippen LogP contribution is -2.23. The van der Waals surface area contributed by atoms with Crippen LogP contribution in [0.1, 0.15) is 0 Å². The first kappa shape index (κ1) is 21.6. The molecule has 0 fully saturated rings. The van der Waals surface area contributed by atoms with Crippen LogP contribution in [0.5, 0.6) is 0 Å². The number of anilines is 1. The van der Waals surface area contributed by atoms with Gasteiger partial charge in [0.1, 0.15) is 0 Å². The maximum atomic E-state index is 13.2. The van der Waals surface area contributed by atoms with Crippen molar-refractivity contribution in [3.63, 3.8) is 0 Å². The number of primary sulfonamides is 1. The van der Waals surface area contributed by atoms with E-state index in [4.69, 9.17) is 5.14 Å². The minimum absolute atomic E-state index is 0.0450. The lowest BCUT2D eigenvalue weighted by Gasteiger charge is -2.13. The molecule has 0 bridgehead atoms. The minimum Gasteiger partial charge on any atom is -0.309 e. The lowest BCUT2D eigenvalue weighted by molar-refractivity contribution is -0.113. The van der Waals surface area contributed by atoms with E-state index in [9.17, 15) is 18.0 Å². The summed E-state index contributed by atoms with van der Waals surface area (Å²) in [6.07, 6.45) is 4.36. The van der Waals surface area contributed by atoms with Gasteiger partial charge in [0.05, 0.1) is 33.4 Å². The first-order valence-corrected chi connectivity index (χ1v) is 11.7. The number of thioether (sulfide) groups is 1. The van der Waals surface area contributed by atoms with E-state index in [1.807, 2.05) is 0 Å². The monoisotopic (exact) mass is 468 g/mol. The number of nitrogens with zero attached hydrogens (tertiary/aromatic N) is 4. The summed E-state index contributed by atoms with van der Waals surface area (Å²) in [4.78, 5) is 37.9. The van der Waals surface area contributed by atoms with Gasteiger partial charge in [-0.05, 0) is 36.4 Å². The third-order valence-electron chi connectivity index (χ3n) is 4.33. The molecule has 2 aromatic heterocycles. The van der Waals surface area contributed by atoms with Gasteiger partial charge < -0.3 is 5.32 Å². The van der Waals surface area contributed by atoms with E-state index in [1.165, 1.54) is 47.4 Å². The first-order valence-electron chi connectivity index (χ1n) is 9.16. The van der Waals surface area contributed by atoms with Crippen LogP contribution in [0.15, 0.2) is 82.0 Å². The highest BCUT2D eigenvalue weighted by Crippen LogP contribution is 2.22.